The first-order chi connectivity index (χ1) is 10.2. The molecule has 1 aromatic rings. The molecule has 0 bridgehead atoms. The van der Waals surface area contributed by atoms with Crippen molar-refractivity contribution in [3.8, 4) is 0 Å². The molecule has 0 aromatic heterocycles. The Labute approximate surface area is 128 Å². The third-order valence-corrected chi connectivity index (χ3v) is 4.83. The van der Waals surface area contributed by atoms with Crippen molar-refractivity contribution in [1.82, 2.24) is 0 Å². The molecule has 21 heavy (non-hydrogen) atoms. The zero-order valence-electron chi connectivity index (χ0n) is 13.3. The van der Waals surface area contributed by atoms with E-state index in [0.717, 1.165) is 50.5 Å². The van der Waals surface area contributed by atoms with Crippen molar-refractivity contribution >= 4 is 0 Å². The fraction of sp³-hybridized carbons (Fsp3) is 0.667. The largest absolute Gasteiger partial charge is 0.385 e. The molecule has 0 radical (unpaired) electrons. The monoisotopic (exact) mass is 292 g/mol. The molecule has 0 saturated heterocycles. The van der Waals surface area contributed by atoms with Gasteiger partial charge in [-0.25, -0.2) is 0 Å². The van der Waals surface area contributed by atoms with Crippen LogP contribution in [-0.4, -0.2) is 25.6 Å². The normalized spacial score (nSPS) is 25.6. The van der Waals surface area contributed by atoms with E-state index in [1.54, 1.807) is 14.2 Å². The topological polar surface area (TPSA) is 38.7 Å². The van der Waals surface area contributed by atoms with Gasteiger partial charge in [0.15, 0.2) is 6.29 Å². The van der Waals surface area contributed by atoms with Crippen LogP contribution in [0.3, 0.4) is 0 Å². The maximum atomic E-state index is 11.1. The third kappa shape index (κ3) is 4.06. The van der Waals surface area contributed by atoms with Crippen LogP contribution in [0.1, 0.15) is 50.5 Å². The lowest BCUT2D eigenvalue weighted by Crippen LogP contribution is -2.30. The summed E-state index contributed by atoms with van der Waals surface area (Å²) in [5.74, 6) is 0.378. The van der Waals surface area contributed by atoms with Crippen molar-refractivity contribution in [2.75, 3.05) is 14.2 Å². The Morgan fingerprint density at radius 3 is 2.57 bits per heavy atom. The smallest absolute Gasteiger partial charge is 0.156 e. The molecule has 0 unspecified atom stereocenters. The number of hydrogen-bond acceptors (Lipinski definition) is 3. The molecule has 118 valence electrons. The maximum absolute atomic E-state index is 11.1. The van der Waals surface area contributed by atoms with E-state index in [2.05, 4.69) is 12.1 Å². The van der Waals surface area contributed by atoms with Crippen molar-refractivity contribution in [2.24, 2.45) is 5.92 Å². The van der Waals surface area contributed by atoms with E-state index >= 15 is 0 Å². The van der Waals surface area contributed by atoms with E-state index in [9.17, 15) is 5.11 Å². The molecule has 1 aromatic carbocycles. The predicted octanol–water partition coefficient (Wildman–Crippen LogP) is 3.85. The Kier molecular flexibility index (Phi) is 6.22. The summed E-state index contributed by atoms with van der Waals surface area (Å²) in [6.07, 6.45) is 7.23. The highest BCUT2D eigenvalue weighted by atomic mass is 16.7. The highest BCUT2D eigenvalue weighted by molar-refractivity contribution is 5.24. The molecular weight excluding hydrogens is 264 g/mol. The predicted molar refractivity (Wildman–Crippen MR) is 84.0 cm³/mol. The van der Waals surface area contributed by atoms with Gasteiger partial charge >= 0.3 is 0 Å². The molecule has 1 saturated carbocycles. The summed E-state index contributed by atoms with van der Waals surface area (Å²) in [5.41, 5.74) is 0.461. The number of rotatable bonds is 8. The Morgan fingerprint density at radius 2 is 1.90 bits per heavy atom. The van der Waals surface area contributed by atoms with E-state index in [1.165, 1.54) is 0 Å². The van der Waals surface area contributed by atoms with E-state index in [1.807, 2.05) is 18.2 Å². The van der Waals surface area contributed by atoms with Gasteiger partial charge in [-0.2, -0.15) is 0 Å². The van der Waals surface area contributed by atoms with Gasteiger partial charge in [-0.3, -0.25) is 0 Å². The SMILES string of the molecule is COC(CCCC[C@H]1CCC[C@]1(O)c1ccccc1)OC. The van der Waals surface area contributed by atoms with Gasteiger partial charge in [-0.1, -0.05) is 36.8 Å². The van der Waals surface area contributed by atoms with Gasteiger partial charge < -0.3 is 14.6 Å². The molecule has 1 N–H and O–H groups in total. The van der Waals surface area contributed by atoms with Crippen LogP contribution in [0.15, 0.2) is 30.3 Å². The average Bonchev–Trinajstić information content (AvgIpc) is 2.91. The van der Waals surface area contributed by atoms with Crippen LogP contribution in [0.4, 0.5) is 0 Å². The van der Waals surface area contributed by atoms with E-state index in [-0.39, 0.29) is 6.29 Å². The molecule has 0 spiro atoms. The van der Waals surface area contributed by atoms with Crippen LogP contribution in [0.25, 0.3) is 0 Å². The van der Waals surface area contributed by atoms with Crippen LogP contribution >= 0.6 is 0 Å². The zero-order valence-corrected chi connectivity index (χ0v) is 13.3. The summed E-state index contributed by atoms with van der Waals surface area (Å²) >= 11 is 0. The highest BCUT2D eigenvalue weighted by Crippen LogP contribution is 2.45. The molecule has 1 aliphatic rings. The number of ether oxygens (including phenoxy) is 2. The molecule has 3 heteroatoms. The zero-order chi connectivity index (χ0) is 15.1. The summed E-state index contributed by atoms with van der Waals surface area (Å²) in [6, 6.07) is 10.2. The van der Waals surface area contributed by atoms with Gasteiger partial charge in [0.2, 0.25) is 0 Å². The minimum atomic E-state index is -0.622. The molecule has 0 aliphatic heterocycles. The first-order valence-electron chi connectivity index (χ1n) is 8.04. The van der Waals surface area contributed by atoms with Crippen LogP contribution in [0, 0.1) is 5.92 Å². The summed E-state index contributed by atoms with van der Waals surface area (Å²) in [7, 11) is 3.36. The highest BCUT2D eigenvalue weighted by Gasteiger charge is 2.41. The molecule has 0 heterocycles. The summed E-state index contributed by atoms with van der Waals surface area (Å²) in [5, 5.41) is 11.1. The van der Waals surface area contributed by atoms with Gasteiger partial charge in [0.25, 0.3) is 0 Å². The van der Waals surface area contributed by atoms with Crippen LogP contribution < -0.4 is 0 Å². The lowest BCUT2D eigenvalue weighted by molar-refractivity contribution is -0.107. The number of hydrogen-bond donors (Lipinski definition) is 1. The second-order valence-corrected chi connectivity index (χ2v) is 6.06. The van der Waals surface area contributed by atoms with Crippen molar-refractivity contribution in [1.29, 1.82) is 0 Å². The lowest BCUT2D eigenvalue weighted by Gasteiger charge is -2.31. The van der Waals surface area contributed by atoms with Crippen LogP contribution in [0.5, 0.6) is 0 Å². The van der Waals surface area contributed by atoms with Crippen molar-refractivity contribution in [2.45, 2.75) is 56.8 Å². The standard InChI is InChI=1S/C18H28O3/c1-20-17(21-2)13-7-6-11-16-12-8-14-18(16,19)15-9-4-3-5-10-15/h3-5,9-10,16-17,19H,6-8,11-14H2,1-2H3/t16-,18-/m0/s1. The van der Waals surface area contributed by atoms with E-state index < -0.39 is 5.60 Å². The summed E-state index contributed by atoms with van der Waals surface area (Å²) in [4.78, 5) is 0. The Balaban J connectivity index is 1.85. The second-order valence-electron chi connectivity index (χ2n) is 6.06. The fourth-order valence-electron chi connectivity index (χ4n) is 3.58. The minimum Gasteiger partial charge on any atom is -0.385 e. The molecule has 1 fully saturated rings. The van der Waals surface area contributed by atoms with Gasteiger partial charge in [-0.15, -0.1) is 0 Å². The molecule has 2 rings (SSSR count). The number of unbranched alkanes of at least 4 members (excludes halogenated alkanes) is 1. The van der Waals surface area contributed by atoms with Crippen molar-refractivity contribution in [3.05, 3.63) is 35.9 Å². The Morgan fingerprint density at radius 1 is 1.19 bits per heavy atom. The maximum Gasteiger partial charge on any atom is 0.156 e. The average molecular weight is 292 g/mol. The van der Waals surface area contributed by atoms with Gasteiger partial charge in [-0.05, 0) is 50.0 Å². The van der Waals surface area contributed by atoms with Gasteiger partial charge in [0, 0.05) is 14.2 Å². The molecular formula is C18H28O3. The molecule has 3 nitrogen and oxygen atoms in total. The quantitative estimate of drug-likeness (QED) is 0.584. The van der Waals surface area contributed by atoms with Crippen LogP contribution in [-0.2, 0) is 15.1 Å². The van der Waals surface area contributed by atoms with Gasteiger partial charge in [0.05, 0.1) is 5.60 Å². The van der Waals surface area contributed by atoms with Crippen molar-refractivity contribution in [3.63, 3.8) is 0 Å². The lowest BCUT2D eigenvalue weighted by atomic mass is 9.81. The first kappa shape index (κ1) is 16.5. The fourth-order valence-corrected chi connectivity index (χ4v) is 3.58. The Hall–Kier alpha value is -0.900. The Bertz CT molecular complexity index is 402. The van der Waals surface area contributed by atoms with E-state index in [0.29, 0.717) is 5.92 Å². The molecule has 2 atom stereocenters. The number of aliphatic hydroxyl groups is 1. The third-order valence-electron chi connectivity index (χ3n) is 4.83. The first-order valence-corrected chi connectivity index (χ1v) is 8.04. The van der Waals surface area contributed by atoms with Gasteiger partial charge in [0.1, 0.15) is 0 Å². The minimum absolute atomic E-state index is 0.0958. The van der Waals surface area contributed by atoms with Crippen molar-refractivity contribution < 1.29 is 14.6 Å². The molecule has 0 amide bonds. The summed E-state index contributed by atoms with van der Waals surface area (Å²) in [6.45, 7) is 0. The second kappa shape index (κ2) is 7.92. The number of methoxy groups -OCH3 is 2. The van der Waals surface area contributed by atoms with Crippen LogP contribution in [0.2, 0.25) is 0 Å². The molecule has 1 aliphatic carbocycles. The van der Waals surface area contributed by atoms with E-state index in [4.69, 9.17) is 9.47 Å². The summed E-state index contributed by atoms with van der Waals surface area (Å²) < 4.78 is 10.4. The number of benzene rings is 1.